The number of carbonyl (C=O) groups is 1. The maximum Gasteiger partial charge on any atom is 0.416 e. The van der Waals surface area contributed by atoms with Crippen LogP contribution in [0, 0.1) is 0 Å². The predicted molar refractivity (Wildman–Crippen MR) is 89.2 cm³/mol. The van der Waals surface area contributed by atoms with Gasteiger partial charge in [0.05, 0.1) is 28.7 Å². The van der Waals surface area contributed by atoms with Gasteiger partial charge in [0.15, 0.2) is 0 Å². The van der Waals surface area contributed by atoms with E-state index in [9.17, 15) is 18.0 Å². The van der Waals surface area contributed by atoms with Gasteiger partial charge in [0.1, 0.15) is 0 Å². The molecule has 0 unspecified atom stereocenters. The van der Waals surface area contributed by atoms with Crippen LogP contribution < -0.4 is 11.1 Å². The molecule has 136 valence electrons. The summed E-state index contributed by atoms with van der Waals surface area (Å²) in [6.07, 6.45) is -1.24. The number of hydrogen-bond acceptors (Lipinski definition) is 3. The number of carbonyl (C=O) groups excluding carboxylic acids is 1. The molecule has 2 aromatic rings. The lowest BCUT2D eigenvalue weighted by Crippen LogP contribution is -2.29. The maximum absolute atomic E-state index is 12.9. The van der Waals surface area contributed by atoms with Crippen LogP contribution >= 0.6 is 12.4 Å². The second-order valence-corrected chi connectivity index (χ2v) is 5.72. The normalized spacial score (nSPS) is 14.1. The van der Waals surface area contributed by atoms with Gasteiger partial charge in [-0.2, -0.15) is 18.3 Å². The smallest absolute Gasteiger partial charge is 0.351 e. The predicted octanol–water partition coefficient (Wildman–Crippen LogP) is 2.88. The van der Waals surface area contributed by atoms with Crippen molar-refractivity contribution in [3.05, 3.63) is 47.3 Å². The number of aromatic nitrogens is 2. The first-order valence-electron chi connectivity index (χ1n) is 7.65. The van der Waals surface area contributed by atoms with E-state index in [2.05, 4.69) is 10.4 Å². The average molecular weight is 375 g/mol. The van der Waals surface area contributed by atoms with Crippen molar-refractivity contribution < 1.29 is 18.0 Å². The highest BCUT2D eigenvalue weighted by molar-refractivity contribution is 5.95. The number of hydrogen-bond donors (Lipinski definition) is 2. The quantitative estimate of drug-likeness (QED) is 0.845. The van der Waals surface area contributed by atoms with Gasteiger partial charge in [-0.3, -0.25) is 4.79 Å². The van der Waals surface area contributed by atoms with Gasteiger partial charge in [-0.05, 0) is 31.0 Å². The fraction of sp³-hybridized carbons (Fsp3) is 0.375. The van der Waals surface area contributed by atoms with Crippen molar-refractivity contribution in [2.75, 3.05) is 13.1 Å². The molecule has 0 radical (unpaired) electrons. The van der Waals surface area contributed by atoms with Crippen LogP contribution in [0.3, 0.4) is 0 Å². The third-order valence-electron chi connectivity index (χ3n) is 3.86. The molecule has 5 nitrogen and oxygen atoms in total. The molecule has 0 bridgehead atoms. The fourth-order valence-electron chi connectivity index (χ4n) is 2.58. The number of halogens is 4. The second-order valence-electron chi connectivity index (χ2n) is 5.72. The number of alkyl halides is 3. The molecule has 3 rings (SSSR count). The number of amides is 1. The summed E-state index contributed by atoms with van der Waals surface area (Å²) < 4.78 is 40.2. The Morgan fingerprint density at radius 3 is 2.68 bits per heavy atom. The minimum Gasteiger partial charge on any atom is -0.351 e. The Balaban J connectivity index is 0.00000225. The molecule has 9 heteroatoms. The summed E-state index contributed by atoms with van der Waals surface area (Å²) in [6, 6.07) is 4.94. The van der Waals surface area contributed by atoms with Gasteiger partial charge in [-0.15, -0.1) is 12.4 Å². The Morgan fingerprint density at radius 1 is 1.36 bits per heavy atom. The molecule has 0 spiro atoms. The lowest BCUT2D eigenvalue weighted by molar-refractivity contribution is -0.137. The summed E-state index contributed by atoms with van der Waals surface area (Å²) in [7, 11) is 0. The largest absolute Gasteiger partial charge is 0.416 e. The molecule has 1 aliphatic carbocycles. The Kier molecular flexibility index (Phi) is 5.74. The minimum atomic E-state index is -4.43. The molecule has 1 saturated carbocycles. The number of nitrogens with two attached hydrogens (primary N) is 1. The molecule has 25 heavy (non-hydrogen) atoms. The maximum atomic E-state index is 12.9. The third-order valence-corrected chi connectivity index (χ3v) is 3.86. The Hall–Kier alpha value is -2.06. The van der Waals surface area contributed by atoms with Gasteiger partial charge in [-0.1, -0.05) is 6.07 Å². The van der Waals surface area contributed by atoms with Crippen LogP contribution in [0.15, 0.2) is 30.5 Å². The van der Waals surface area contributed by atoms with E-state index in [0.29, 0.717) is 30.0 Å². The highest BCUT2D eigenvalue weighted by Gasteiger charge is 2.34. The van der Waals surface area contributed by atoms with E-state index in [-0.39, 0.29) is 24.2 Å². The Labute approximate surface area is 148 Å². The van der Waals surface area contributed by atoms with Crippen molar-refractivity contribution in [3.63, 3.8) is 0 Å². The summed E-state index contributed by atoms with van der Waals surface area (Å²) >= 11 is 0. The van der Waals surface area contributed by atoms with Crippen LogP contribution in [-0.4, -0.2) is 28.8 Å². The summed E-state index contributed by atoms with van der Waals surface area (Å²) in [5.41, 5.74) is 5.98. The van der Waals surface area contributed by atoms with Gasteiger partial charge < -0.3 is 11.1 Å². The van der Waals surface area contributed by atoms with Crippen molar-refractivity contribution in [2.24, 2.45) is 5.73 Å². The van der Waals surface area contributed by atoms with Crippen LogP contribution in [0.2, 0.25) is 0 Å². The molecular weight excluding hydrogens is 357 g/mol. The molecule has 3 N–H and O–H groups in total. The molecule has 1 fully saturated rings. The molecular formula is C16H18ClF3N4O. The molecule has 1 aliphatic rings. The minimum absolute atomic E-state index is 0. The second kappa shape index (κ2) is 7.45. The van der Waals surface area contributed by atoms with E-state index in [1.165, 1.54) is 16.9 Å². The summed E-state index contributed by atoms with van der Waals surface area (Å²) in [5.74, 6) is -0.166. The van der Waals surface area contributed by atoms with Gasteiger partial charge >= 0.3 is 6.18 Å². The SMILES string of the molecule is Cl.NCCNC(=O)c1cnn(-c2cccc(C(F)(F)F)c2)c1C1CC1. The molecule has 0 atom stereocenters. The van der Waals surface area contributed by atoms with Crippen molar-refractivity contribution in [2.45, 2.75) is 24.9 Å². The van der Waals surface area contributed by atoms with Gasteiger partial charge in [0.2, 0.25) is 0 Å². The van der Waals surface area contributed by atoms with E-state index < -0.39 is 11.7 Å². The number of nitrogens with one attached hydrogen (secondary N) is 1. The zero-order chi connectivity index (χ0) is 17.3. The number of nitrogens with zero attached hydrogens (tertiary/aromatic N) is 2. The van der Waals surface area contributed by atoms with E-state index in [1.54, 1.807) is 6.07 Å². The molecule has 1 aromatic carbocycles. The molecule has 0 saturated heterocycles. The lowest BCUT2D eigenvalue weighted by Gasteiger charge is -2.12. The van der Waals surface area contributed by atoms with Crippen molar-refractivity contribution >= 4 is 18.3 Å². The van der Waals surface area contributed by atoms with Crippen molar-refractivity contribution in [1.82, 2.24) is 15.1 Å². The molecule has 1 amide bonds. The number of benzene rings is 1. The van der Waals surface area contributed by atoms with Gasteiger partial charge in [0, 0.05) is 19.0 Å². The molecule has 1 heterocycles. The van der Waals surface area contributed by atoms with E-state index >= 15 is 0 Å². The molecule has 0 aliphatic heterocycles. The van der Waals surface area contributed by atoms with E-state index in [0.717, 1.165) is 25.0 Å². The lowest BCUT2D eigenvalue weighted by atomic mass is 10.1. The van der Waals surface area contributed by atoms with E-state index in [1.807, 2.05) is 0 Å². The standard InChI is InChI=1S/C16H17F3N4O.ClH/c17-16(18,19)11-2-1-3-12(8-11)23-14(10-4-5-10)13(9-22-23)15(24)21-7-6-20;/h1-3,8-10H,4-7,20H2,(H,21,24);1H. The molecule has 1 aromatic heterocycles. The van der Waals surface area contributed by atoms with Crippen molar-refractivity contribution in [1.29, 1.82) is 0 Å². The van der Waals surface area contributed by atoms with Gasteiger partial charge in [-0.25, -0.2) is 4.68 Å². The van der Waals surface area contributed by atoms with Crippen LogP contribution in [0.25, 0.3) is 5.69 Å². The zero-order valence-corrected chi connectivity index (χ0v) is 14.0. The van der Waals surface area contributed by atoms with Crippen LogP contribution in [0.5, 0.6) is 0 Å². The van der Waals surface area contributed by atoms with E-state index in [4.69, 9.17) is 5.73 Å². The van der Waals surface area contributed by atoms with Crippen LogP contribution in [-0.2, 0) is 6.18 Å². The first-order valence-corrected chi connectivity index (χ1v) is 7.65. The number of rotatable bonds is 5. The van der Waals surface area contributed by atoms with Crippen LogP contribution in [0.4, 0.5) is 13.2 Å². The Morgan fingerprint density at radius 2 is 2.08 bits per heavy atom. The average Bonchev–Trinajstić information content (AvgIpc) is 3.30. The fourth-order valence-corrected chi connectivity index (χ4v) is 2.58. The highest BCUT2D eigenvalue weighted by Crippen LogP contribution is 2.42. The summed E-state index contributed by atoms with van der Waals surface area (Å²) in [5, 5.41) is 6.83. The van der Waals surface area contributed by atoms with Gasteiger partial charge in [0.25, 0.3) is 5.91 Å². The highest BCUT2D eigenvalue weighted by atomic mass is 35.5. The third kappa shape index (κ3) is 4.13. The zero-order valence-electron chi connectivity index (χ0n) is 13.2. The Bertz CT molecular complexity index is 756. The first-order chi connectivity index (χ1) is 11.4. The van der Waals surface area contributed by atoms with Crippen LogP contribution in [0.1, 0.15) is 40.4 Å². The first kappa shape index (κ1) is 19.3. The summed E-state index contributed by atoms with van der Waals surface area (Å²) in [4.78, 5) is 12.2. The van der Waals surface area contributed by atoms with Crippen molar-refractivity contribution in [3.8, 4) is 5.69 Å². The summed E-state index contributed by atoms with van der Waals surface area (Å²) in [6.45, 7) is 0.643. The monoisotopic (exact) mass is 374 g/mol. The topological polar surface area (TPSA) is 72.9 Å².